The molecule has 2 fully saturated rings. The Bertz CT molecular complexity index is 1080. The lowest BCUT2D eigenvalue weighted by molar-refractivity contribution is -0.142. The minimum atomic E-state index is -4.74. The van der Waals surface area contributed by atoms with Crippen LogP contribution in [0.2, 0.25) is 0 Å². The minimum absolute atomic E-state index is 0.00652. The molecule has 0 spiro atoms. The third-order valence-corrected chi connectivity index (χ3v) is 6.86. The number of aliphatic carboxylic acids is 1. The highest BCUT2D eigenvalue weighted by Crippen LogP contribution is 2.45. The summed E-state index contributed by atoms with van der Waals surface area (Å²) in [7, 11) is 0. The number of carboxylic acid groups (broad SMARTS) is 1. The second-order valence-electron chi connectivity index (χ2n) is 9.68. The highest BCUT2D eigenvalue weighted by Gasteiger charge is 2.38. The Balaban J connectivity index is 1.37. The van der Waals surface area contributed by atoms with Crippen molar-refractivity contribution in [3.05, 3.63) is 64.7 Å². The van der Waals surface area contributed by atoms with Gasteiger partial charge in [0.25, 0.3) is 0 Å². The van der Waals surface area contributed by atoms with Gasteiger partial charge in [0.2, 0.25) is 0 Å². The van der Waals surface area contributed by atoms with Crippen molar-refractivity contribution < 1.29 is 41.0 Å². The molecule has 1 saturated carbocycles. The third-order valence-electron chi connectivity index (χ3n) is 6.86. The van der Waals surface area contributed by atoms with Crippen molar-refractivity contribution in [2.45, 2.75) is 50.5 Å². The van der Waals surface area contributed by atoms with Crippen LogP contribution in [-0.4, -0.2) is 35.7 Å². The van der Waals surface area contributed by atoms with Crippen molar-refractivity contribution in [2.75, 3.05) is 19.7 Å². The van der Waals surface area contributed by atoms with Crippen molar-refractivity contribution in [1.29, 1.82) is 0 Å². The molecular weight excluding hydrogens is 488 g/mol. The highest BCUT2D eigenvalue weighted by molar-refractivity contribution is 5.68. The summed E-state index contributed by atoms with van der Waals surface area (Å²) in [6.45, 7) is 0.922. The summed E-state index contributed by atoms with van der Waals surface area (Å²) in [5.74, 6) is 0.0467. The van der Waals surface area contributed by atoms with Gasteiger partial charge in [-0.15, -0.1) is 0 Å². The molecule has 1 N–H and O–H groups in total. The molecule has 0 amide bonds. The molecule has 2 aromatic rings. The van der Waals surface area contributed by atoms with E-state index < -0.39 is 35.0 Å². The van der Waals surface area contributed by atoms with Gasteiger partial charge >= 0.3 is 18.3 Å². The van der Waals surface area contributed by atoms with Crippen LogP contribution in [0.3, 0.4) is 0 Å². The number of carbonyl (C=O) groups is 1. The van der Waals surface area contributed by atoms with Gasteiger partial charge in [0, 0.05) is 19.0 Å². The van der Waals surface area contributed by atoms with E-state index in [1.54, 1.807) is 11.0 Å². The maximum Gasteiger partial charge on any atom is 0.416 e. The molecule has 4 rings (SSSR count). The number of halogens is 6. The third kappa shape index (κ3) is 6.72. The smallest absolute Gasteiger partial charge is 0.416 e. The van der Waals surface area contributed by atoms with Gasteiger partial charge in [-0.05, 0) is 79.1 Å². The number of nitrogens with zero attached hydrogens (tertiary/aromatic N) is 1. The minimum Gasteiger partial charge on any atom is -0.493 e. The summed E-state index contributed by atoms with van der Waals surface area (Å²) in [4.78, 5) is 13.0. The van der Waals surface area contributed by atoms with E-state index in [2.05, 4.69) is 0 Å². The predicted octanol–water partition coefficient (Wildman–Crippen LogP) is 6.59. The lowest BCUT2D eigenvalue weighted by Crippen LogP contribution is -2.24. The van der Waals surface area contributed by atoms with Crippen LogP contribution in [0.15, 0.2) is 42.5 Å². The SMILES string of the molecule is O=C(O)CC(c1cccc(OCC2CCN(Cc3cc(C(F)(F)F)ccc3C(F)(F)F)C2)c1)C1CC1. The normalized spacial score (nSPS) is 19.9. The summed E-state index contributed by atoms with van der Waals surface area (Å²) in [5.41, 5.74) is -1.64. The zero-order valence-electron chi connectivity index (χ0n) is 19.4. The molecule has 1 aliphatic carbocycles. The van der Waals surface area contributed by atoms with Crippen molar-refractivity contribution in [3.63, 3.8) is 0 Å². The lowest BCUT2D eigenvalue weighted by Gasteiger charge is -2.21. The van der Waals surface area contributed by atoms with Gasteiger partial charge < -0.3 is 9.84 Å². The molecule has 4 nitrogen and oxygen atoms in total. The molecular formula is C26H27F6NO3. The number of rotatable bonds is 9. The molecule has 36 heavy (non-hydrogen) atoms. The van der Waals surface area contributed by atoms with Crippen molar-refractivity contribution in [1.82, 2.24) is 4.90 Å². The fourth-order valence-electron chi connectivity index (χ4n) is 4.90. The van der Waals surface area contributed by atoms with E-state index in [0.29, 0.717) is 56.0 Å². The van der Waals surface area contributed by atoms with Crippen molar-refractivity contribution in [2.24, 2.45) is 11.8 Å². The number of benzene rings is 2. The first kappa shape index (κ1) is 26.3. The average molecular weight is 515 g/mol. The fraction of sp³-hybridized carbons (Fsp3) is 0.500. The highest BCUT2D eigenvalue weighted by atomic mass is 19.4. The van der Waals surface area contributed by atoms with Gasteiger partial charge in [0.15, 0.2) is 0 Å². The molecule has 0 aromatic heterocycles. The van der Waals surface area contributed by atoms with Gasteiger partial charge in [-0.25, -0.2) is 0 Å². The number of likely N-dealkylation sites (tertiary alicyclic amines) is 1. The number of alkyl halides is 6. The average Bonchev–Trinajstić information content (AvgIpc) is 3.54. The molecule has 1 saturated heterocycles. The Kier molecular flexibility index (Phi) is 7.54. The van der Waals surface area contributed by atoms with Crippen LogP contribution in [0.4, 0.5) is 26.3 Å². The molecule has 2 aliphatic rings. The van der Waals surface area contributed by atoms with E-state index in [4.69, 9.17) is 4.74 Å². The summed E-state index contributed by atoms with van der Waals surface area (Å²) in [6.07, 6.45) is -6.76. The molecule has 0 bridgehead atoms. The maximum atomic E-state index is 13.4. The first-order chi connectivity index (χ1) is 16.9. The Morgan fingerprint density at radius 3 is 2.42 bits per heavy atom. The van der Waals surface area contributed by atoms with Crippen molar-refractivity contribution in [3.8, 4) is 5.75 Å². The van der Waals surface area contributed by atoms with E-state index in [1.165, 1.54) is 0 Å². The Hall–Kier alpha value is -2.75. The standard InChI is InChI=1S/C26H27F6NO3/c27-25(28,29)20-6-7-23(26(30,31)32)19(10-20)14-33-9-8-16(13-33)15-36-21-3-1-2-18(11-21)22(12-24(34)35)17-4-5-17/h1-3,6-7,10-11,16-17,22H,4-5,8-9,12-15H2,(H,34,35). The second kappa shape index (κ2) is 10.3. The Morgan fingerprint density at radius 2 is 1.78 bits per heavy atom. The van der Waals surface area contributed by atoms with E-state index in [-0.39, 0.29) is 24.8 Å². The van der Waals surface area contributed by atoms with E-state index in [1.807, 2.05) is 18.2 Å². The van der Waals surface area contributed by atoms with Crippen LogP contribution in [0.5, 0.6) is 5.75 Å². The van der Waals surface area contributed by atoms with E-state index in [0.717, 1.165) is 18.4 Å². The van der Waals surface area contributed by atoms with Crippen LogP contribution < -0.4 is 4.74 Å². The van der Waals surface area contributed by atoms with Crippen LogP contribution >= 0.6 is 0 Å². The molecule has 0 radical (unpaired) electrons. The van der Waals surface area contributed by atoms with E-state index in [9.17, 15) is 36.2 Å². The summed E-state index contributed by atoms with van der Waals surface area (Å²) in [5, 5.41) is 9.23. The fourth-order valence-corrected chi connectivity index (χ4v) is 4.90. The number of carboxylic acids is 1. The summed E-state index contributed by atoms with van der Waals surface area (Å²) < 4.78 is 85.4. The molecule has 196 valence electrons. The molecule has 1 aliphatic heterocycles. The Morgan fingerprint density at radius 1 is 1.03 bits per heavy atom. The van der Waals surface area contributed by atoms with Crippen LogP contribution in [-0.2, 0) is 23.7 Å². The number of hydrogen-bond acceptors (Lipinski definition) is 3. The summed E-state index contributed by atoms with van der Waals surface area (Å²) in [6, 6.07) is 8.88. The monoisotopic (exact) mass is 515 g/mol. The Labute approximate surface area is 204 Å². The van der Waals surface area contributed by atoms with Gasteiger partial charge in [-0.3, -0.25) is 9.69 Å². The topological polar surface area (TPSA) is 49.8 Å². The van der Waals surface area contributed by atoms with Crippen LogP contribution in [0.25, 0.3) is 0 Å². The molecule has 10 heteroatoms. The molecule has 1 heterocycles. The van der Waals surface area contributed by atoms with Crippen LogP contribution in [0, 0.1) is 11.8 Å². The van der Waals surface area contributed by atoms with Gasteiger partial charge in [0.05, 0.1) is 24.2 Å². The van der Waals surface area contributed by atoms with E-state index >= 15 is 0 Å². The summed E-state index contributed by atoms with van der Waals surface area (Å²) >= 11 is 0. The number of ether oxygens (including phenoxy) is 1. The van der Waals surface area contributed by atoms with Gasteiger partial charge in [0.1, 0.15) is 5.75 Å². The first-order valence-corrected chi connectivity index (χ1v) is 11.8. The van der Waals surface area contributed by atoms with Crippen LogP contribution in [0.1, 0.15) is 53.9 Å². The maximum absolute atomic E-state index is 13.4. The molecule has 2 atom stereocenters. The zero-order valence-corrected chi connectivity index (χ0v) is 19.4. The number of hydrogen-bond donors (Lipinski definition) is 1. The predicted molar refractivity (Wildman–Crippen MR) is 119 cm³/mol. The molecule has 2 unspecified atom stereocenters. The van der Waals surface area contributed by atoms with Gasteiger partial charge in [-0.1, -0.05) is 12.1 Å². The molecule has 2 aromatic carbocycles. The quantitative estimate of drug-likeness (QED) is 0.383. The zero-order chi connectivity index (χ0) is 26.1. The van der Waals surface area contributed by atoms with Gasteiger partial charge in [-0.2, -0.15) is 26.3 Å². The van der Waals surface area contributed by atoms with Crippen molar-refractivity contribution >= 4 is 5.97 Å². The largest absolute Gasteiger partial charge is 0.493 e. The second-order valence-corrected chi connectivity index (χ2v) is 9.68. The lowest BCUT2D eigenvalue weighted by atomic mass is 9.91. The first-order valence-electron chi connectivity index (χ1n) is 11.8.